The highest BCUT2D eigenvalue weighted by Gasteiger charge is 2.34. The minimum atomic E-state index is -0.806. The van der Waals surface area contributed by atoms with Crippen molar-refractivity contribution in [2.75, 3.05) is 39.6 Å². The number of esters is 2. The van der Waals surface area contributed by atoms with Gasteiger partial charge in [0, 0.05) is 6.07 Å². The number of nitrogens with zero attached hydrogens (tertiary/aromatic N) is 1. The summed E-state index contributed by atoms with van der Waals surface area (Å²) in [5, 5.41) is 0. The van der Waals surface area contributed by atoms with Crippen LogP contribution in [-0.4, -0.2) is 46.6 Å². The molecule has 1 heterocycles. The molecule has 0 amide bonds. The minimum Gasteiger partial charge on any atom is -0.495 e. The Bertz CT molecular complexity index is 705. The summed E-state index contributed by atoms with van der Waals surface area (Å²) in [4.78, 5) is 25.3. The van der Waals surface area contributed by atoms with Crippen molar-refractivity contribution in [3.05, 3.63) is 33.7 Å². The van der Waals surface area contributed by atoms with Crippen LogP contribution in [0.25, 0.3) is 0 Å². The van der Waals surface area contributed by atoms with Gasteiger partial charge in [-0.25, -0.2) is 14.0 Å². The largest absolute Gasteiger partial charge is 0.495 e. The summed E-state index contributed by atoms with van der Waals surface area (Å²) >= 11 is 3.18. The second-order valence-corrected chi connectivity index (χ2v) is 5.51. The summed E-state index contributed by atoms with van der Waals surface area (Å²) in [5.41, 5.74) is -0.202. The first kappa shape index (κ1) is 18.2. The molecule has 7 nitrogen and oxygen atoms in total. The molecule has 0 N–H and O–H groups in total. The van der Waals surface area contributed by atoms with E-state index >= 15 is 0 Å². The summed E-state index contributed by atoms with van der Waals surface area (Å²) in [6.45, 7) is -0.296. The third kappa shape index (κ3) is 3.36. The molecule has 0 bridgehead atoms. The number of carbonyl (C=O) groups is 2. The molecule has 1 aliphatic rings. The van der Waals surface area contributed by atoms with E-state index < -0.39 is 17.8 Å². The van der Waals surface area contributed by atoms with E-state index in [4.69, 9.17) is 14.2 Å². The van der Waals surface area contributed by atoms with Gasteiger partial charge < -0.3 is 23.8 Å². The van der Waals surface area contributed by atoms with Crippen LogP contribution in [0.3, 0.4) is 0 Å². The van der Waals surface area contributed by atoms with E-state index in [1.807, 2.05) is 0 Å². The van der Waals surface area contributed by atoms with Crippen LogP contribution < -0.4 is 9.64 Å². The van der Waals surface area contributed by atoms with Gasteiger partial charge in [-0.1, -0.05) is 0 Å². The molecule has 0 aliphatic carbocycles. The number of hydrogen-bond donors (Lipinski definition) is 0. The lowest BCUT2D eigenvalue weighted by molar-refractivity contribution is -0.140. The molecule has 1 aliphatic heterocycles. The van der Waals surface area contributed by atoms with Crippen LogP contribution >= 0.6 is 15.9 Å². The number of methoxy groups -OCH3 is 3. The average Bonchev–Trinajstić information content (AvgIpc) is 2.60. The lowest BCUT2D eigenvalue weighted by Crippen LogP contribution is -2.39. The van der Waals surface area contributed by atoms with Crippen LogP contribution in [-0.2, 0) is 23.8 Å². The second-order valence-electron chi connectivity index (χ2n) is 4.65. The third-order valence-corrected chi connectivity index (χ3v) is 3.96. The van der Waals surface area contributed by atoms with Gasteiger partial charge in [0.25, 0.3) is 0 Å². The number of anilines is 1. The van der Waals surface area contributed by atoms with Gasteiger partial charge in [0.1, 0.15) is 24.0 Å². The van der Waals surface area contributed by atoms with Crippen LogP contribution in [0.2, 0.25) is 0 Å². The molecule has 9 heteroatoms. The smallest absolute Gasteiger partial charge is 0.355 e. The van der Waals surface area contributed by atoms with Crippen molar-refractivity contribution in [1.82, 2.24) is 0 Å². The summed E-state index contributed by atoms with van der Waals surface area (Å²) in [5.74, 6) is -1.86. The number of ether oxygens (including phenoxy) is 4. The molecule has 24 heavy (non-hydrogen) atoms. The normalized spacial score (nSPS) is 14.5. The molecule has 130 valence electrons. The predicted molar refractivity (Wildman–Crippen MR) is 85.0 cm³/mol. The summed E-state index contributed by atoms with van der Waals surface area (Å²) in [6.07, 6.45) is 0. The molecule has 0 saturated carbocycles. The highest BCUT2D eigenvalue weighted by atomic mass is 79.9. The van der Waals surface area contributed by atoms with Crippen molar-refractivity contribution in [1.29, 1.82) is 0 Å². The van der Waals surface area contributed by atoms with Crippen molar-refractivity contribution in [3.63, 3.8) is 0 Å². The Morgan fingerprint density at radius 1 is 1.21 bits per heavy atom. The summed E-state index contributed by atoms with van der Waals surface area (Å²) in [6, 6.07) is 2.57. The zero-order valence-electron chi connectivity index (χ0n) is 13.2. The Morgan fingerprint density at radius 2 is 1.88 bits per heavy atom. The molecule has 0 spiro atoms. The third-order valence-electron chi connectivity index (χ3n) is 3.35. The van der Waals surface area contributed by atoms with Crippen molar-refractivity contribution >= 4 is 33.6 Å². The van der Waals surface area contributed by atoms with Crippen LogP contribution in [0.15, 0.2) is 27.9 Å². The number of benzene rings is 1. The Hall–Kier alpha value is -2.13. The van der Waals surface area contributed by atoms with Crippen molar-refractivity contribution in [2.24, 2.45) is 0 Å². The molecule has 0 radical (unpaired) electrons. The fourth-order valence-corrected chi connectivity index (χ4v) is 2.69. The van der Waals surface area contributed by atoms with E-state index in [1.165, 1.54) is 31.3 Å². The lowest BCUT2D eigenvalue weighted by Gasteiger charge is -2.31. The maximum absolute atomic E-state index is 14.4. The summed E-state index contributed by atoms with van der Waals surface area (Å²) < 4.78 is 34.6. The molecule has 0 saturated heterocycles. The second kappa shape index (κ2) is 7.63. The topological polar surface area (TPSA) is 74.3 Å². The average molecular weight is 404 g/mol. The van der Waals surface area contributed by atoms with Crippen LogP contribution in [0, 0.1) is 5.82 Å². The lowest BCUT2D eigenvalue weighted by atomic mass is 10.1. The summed E-state index contributed by atoms with van der Waals surface area (Å²) in [7, 11) is 3.76. The van der Waals surface area contributed by atoms with Gasteiger partial charge in [-0.2, -0.15) is 0 Å². The molecule has 2 rings (SSSR count). The quantitative estimate of drug-likeness (QED) is 0.711. The molecule has 1 aromatic rings. The molecular weight excluding hydrogens is 389 g/mol. The number of rotatable bonds is 4. The van der Waals surface area contributed by atoms with Crippen molar-refractivity contribution in [3.8, 4) is 5.75 Å². The molecule has 0 unspecified atom stereocenters. The van der Waals surface area contributed by atoms with Crippen LogP contribution in [0.1, 0.15) is 0 Å². The number of carbonyl (C=O) groups excluding carboxylic acids is 2. The van der Waals surface area contributed by atoms with E-state index in [0.29, 0.717) is 10.2 Å². The number of halogens is 2. The Balaban J connectivity index is 2.63. The fraction of sp³-hybridized carbons (Fsp3) is 0.333. The van der Waals surface area contributed by atoms with E-state index in [1.54, 1.807) is 0 Å². The van der Waals surface area contributed by atoms with Crippen LogP contribution in [0.4, 0.5) is 10.1 Å². The molecular formula is C15H15BrFNO6. The van der Waals surface area contributed by atoms with E-state index in [-0.39, 0.29) is 30.3 Å². The first-order valence-corrected chi connectivity index (χ1v) is 7.52. The fourth-order valence-electron chi connectivity index (χ4n) is 2.22. The molecule has 0 fully saturated rings. The van der Waals surface area contributed by atoms with Crippen molar-refractivity contribution in [2.45, 2.75) is 0 Å². The first-order valence-electron chi connectivity index (χ1n) is 6.72. The minimum absolute atomic E-state index is 0.00319. The SMILES string of the molecule is COC(=O)C1=C(C(=O)OC)N(c2cc(OC)c(Br)cc2F)COC1. The highest BCUT2D eigenvalue weighted by Crippen LogP contribution is 2.35. The van der Waals surface area contributed by atoms with E-state index in [2.05, 4.69) is 20.7 Å². The maximum Gasteiger partial charge on any atom is 0.355 e. The van der Waals surface area contributed by atoms with Gasteiger partial charge in [-0.15, -0.1) is 0 Å². The molecule has 0 atom stereocenters. The van der Waals surface area contributed by atoms with Crippen molar-refractivity contribution < 1.29 is 32.9 Å². The molecule has 0 aromatic heterocycles. The standard InChI is InChI=1S/C15H15BrFNO6/c1-21-12-5-11(10(17)4-9(12)16)18-7-24-6-8(14(19)22-2)13(18)15(20)23-3/h4-5H,6-7H2,1-3H3. The Kier molecular flexibility index (Phi) is 5.79. The van der Waals surface area contributed by atoms with Gasteiger partial charge in [-0.05, 0) is 22.0 Å². The zero-order valence-corrected chi connectivity index (χ0v) is 14.8. The van der Waals surface area contributed by atoms with Gasteiger partial charge >= 0.3 is 11.9 Å². The molecule has 1 aromatic carbocycles. The van der Waals surface area contributed by atoms with E-state index in [0.717, 1.165) is 7.11 Å². The van der Waals surface area contributed by atoms with Gasteiger partial charge in [0.15, 0.2) is 0 Å². The van der Waals surface area contributed by atoms with E-state index in [9.17, 15) is 14.0 Å². The zero-order chi connectivity index (χ0) is 17.9. The highest BCUT2D eigenvalue weighted by molar-refractivity contribution is 9.10. The Morgan fingerprint density at radius 3 is 2.46 bits per heavy atom. The maximum atomic E-state index is 14.4. The van der Waals surface area contributed by atoms with Gasteiger partial charge in [0.2, 0.25) is 0 Å². The number of hydrogen-bond acceptors (Lipinski definition) is 7. The first-order chi connectivity index (χ1) is 11.4. The predicted octanol–water partition coefficient (Wildman–Crippen LogP) is 1.99. The monoisotopic (exact) mass is 403 g/mol. The Labute approximate surface area is 146 Å². The van der Waals surface area contributed by atoms with Crippen LogP contribution in [0.5, 0.6) is 5.75 Å². The van der Waals surface area contributed by atoms with Gasteiger partial charge in [0.05, 0.1) is 43.7 Å². The van der Waals surface area contributed by atoms with Gasteiger partial charge in [-0.3, -0.25) is 0 Å².